The Morgan fingerprint density at radius 3 is 3.00 bits per heavy atom. The van der Waals surface area contributed by atoms with Crippen LogP contribution >= 0.6 is 27.7 Å². The zero-order chi connectivity index (χ0) is 10.2. The van der Waals surface area contributed by atoms with Gasteiger partial charge in [-0.05, 0) is 36.1 Å². The maximum Gasteiger partial charge on any atom is 0.119 e. The molecular weight excluding hydrogens is 260 g/mol. The van der Waals surface area contributed by atoms with E-state index < -0.39 is 0 Å². The summed E-state index contributed by atoms with van der Waals surface area (Å²) in [6, 6.07) is 8.20. The van der Waals surface area contributed by atoms with Gasteiger partial charge in [0.25, 0.3) is 0 Å². The van der Waals surface area contributed by atoms with E-state index in [9.17, 15) is 0 Å². The third-order valence-electron chi connectivity index (χ3n) is 1.81. The molecule has 0 aliphatic heterocycles. The first-order valence-corrected chi connectivity index (χ1v) is 7.15. The summed E-state index contributed by atoms with van der Waals surface area (Å²) >= 11 is 5.28. The molecule has 0 N–H and O–H groups in total. The Balaban J connectivity index is 2.34. The quantitative estimate of drug-likeness (QED) is 0.578. The molecule has 1 nitrogen and oxygen atoms in total. The first-order valence-electron chi connectivity index (χ1n) is 4.63. The van der Waals surface area contributed by atoms with Gasteiger partial charge in [0.1, 0.15) is 5.75 Å². The molecule has 0 aliphatic carbocycles. The van der Waals surface area contributed by atoms with Crippen LogP contribution in [0.3, 0.4) is 0 Å². The van der Waals surface area contributed by atoms with Gasteiger partial charge >= 0.3 is 0 Å². The van der Waals surface area contributed by atoms with Crippen LogP contribution in [0.4, 0.5) is 0 Å². The average molecular weight is 275 g/mol. The second kappa shape index (κ2) is 7.18. The molecule has 0 aromatic heterocycles. The van der Waals surface area contributed by atoms with E-state index in [4.69, 9.17) is 4.74 Å². The molecule has 78 valence electrons. The monoisotopic (exact) mass is 274 g/mol. The fourth-order valence-electron chi connectivity index (χ4n) is 1.11. The van der Waals surface area contributed by atoms with Gasteiger partial charge in [-0.25, -0.2) is 0 Å². The summed E-state index contributed by atoms with van der Waals surface area (Å²) in [4.78, 5) is 0. The van der Waals surface area contributed by atoms with Crippen molar-refractivity contribution in [1.29, 1.82) is 0 Å². The predicted molar refractivity (Wildman–Crippen MR) is 67.6 cm³/mol. The molecule has 0 saturated heterocycles. The van der Waals surface area contributed by atoms with Crippen LogP contribution in [0.15, 0.2) is 24.3 Å². The Morgan fingerprint density at radius 2 is 2.29 bits per heavy atom. The molecule has 0 saturated carbocycles. The van der Waals surface area contributed by atoms with E-state index in [2.05, 4.69) is 34.3 Å². The summed E-state index contributed by atoms with van der Waals surface area (Å²) in [7, 11) is 0. The van der Waals surface area contributed by atoms with Crippen molar-refractivity contribution in [2.24, 2.45) is 0 Å². The minimum Gasteiger partial charge on any atom is -0.494 e. The third-order valence-corrected chi connectivity index (χ3v) is 3.16. The Kier molecular flexibility index (Phi) is 6.12. The van der Waals surface area contributed by atoms with E-state index in [1.54, 1.807) is 0 Å². The number of hydrogen-bond donors (Lipinski definition) is 0. The van der Waals surface area contributed by atoms with E-state index in [-0.39, 0.29) is 0 Å². The van der Waals surface area contributed by atoms with E-state index in [1.165, 1.54) is 5.56 Å². The highest BCUT2D eigenvalue weighted by Crippen LogP contribution is 2.15. The van der Waals surface area contributed by atoms with Crippen molar-refractivity contribution in [1.82, 2.24) is 0 Å². The Hall–Kier alpha value is -0.150. The fraction of sp³-hybridized carbons (Fsp3) is 0.455. The van der Waals surface area contributed by atoms with Gasteiger partial charge in [0, 0.05) is 5.33 Å². The average Bonchev–Trinajstić information content (AvgIpc) is 2.25. The summed E-state index contributed by atoms with van der Waals surface area (Å²) in [5, 5.41) is 0.884. The second-order valence-corrected chi connectivity index (χ2v) is 4.52. The molecule has 1 aromatic carbocycles. The predicted octanol–water partition coefficient (Wildman–Crippen LogP) is 3.71. The highest BCUT2D eigenvalue weighted by Gasteiger charge is 1.95. The summed E-state index contributed by atoms with van der Waals surface area (Å²) < 4.78 is 5.62. The summed E-state index contributed by atoms with van der Waals surface area (Å²) in [5.74, 6) is 2.14. The van der Waals surface area contributed by atoms with Crippen molar-refractivity contribution in [2.75, 3.05) is 18.6 Å². The molecule has 0 atom stereocenters. The van der Waals surface area contributed by atoms with Gasteiger partial charge < -0.3 is 4.74 Å². The molecule has 0 radical (unpaired) electrons. The number of benzene rings is 1. The van der Waals surface area contributed by atoms with Gasteiger partial charge in [0.15, 0.2) is 0 Å². The molecule has 1 rings (SSSR count). The Bertz CT molecular complexity index is 265. The van der Waals surface area contributed by atoms with Gasteiger partial charge in [-0.3, -0.25) is 0 Å². The van der Waals surface area contributed by atoms with Crippen molar-refractivity contribution in [2.45, 2.75) is 11.8 Å². The summed E-state index contributed by atoms with van der Waals surface area (Å²) in [6.07, 6.45) is 3.23. The highest BCUT2D eigenvalue weighted by atomic mass is 79.9. The topological polar surface area (TPSA) is 9.23 Å². The van der Waals surface area contributed by atoms with Crippen LogP contribution in [0.2, 0.25) is 0 Å². The first-order chi connectivity index (χ1) is 6.86. The van der Waals surface area contributed by atoms with Gasteiger partial charge in [-0.15, -0.1) is 0 Å². The number of halogens is 1. The zero-order valence-corrected chi connectivity index (χ0v) is 10.7. The molecule has 0 fully saturated rings. The van der Waals surface area contributed by atoms with E-state index in [0.29, 0.717) is 0 Å². The standard InChI is InChI=1S/C11H15BrOS/c1-14-7-3-6-13-11-5-2-4-10(8-11)9-12/h2,4-5,8H,3,6-7,9H2,1H3. The molecule has 0 amide bonds. The third kappa shape index (κ3) is 4.38. The zero-order valence-electron chi connectivity index (χ0n) is 8.33. The molecule has 0 heterocycles. The van der Waals surface area contributed by atoms with Crippen LogP contribution < -0.4 is 4.74 Å². The van der Waals surface area contributed by atoms with E-state index in [0.717, 1.165) is 29.9 Å². The molecule has 0 aliphatic rings. The van der Waals surface area contributed by atoms with E-state index >= 15 is 0 Å². The van der Waals surface area contributed by atoms with Crippen molar-refractivity contribution in [3.63, 3.8) is 0 Å². The second-order valence-electron chi connectivity index (χ2n) is 2.98. The van der Waals surface area contributed by atoms with Crippen molar-refractivity contribution < 1.29 is 4.74 Å². The maximum absolute atomic E-state index is 5.62. The van der Waals surface area contributed by atoms with Crippen molar-refractivity contribution >= 4 is 27.7 Å². The SMILES string of the molecule is CSCCCOc1cccc(CBr)c1. The smallest absolute Gasteiger partial charge is 0.119 e. The largest absolute Gasteiger partial charge is 0.494 e. The lowest BCUT2D eigenvalue weighted by molar-refractivity contribution is 0.318. The van der Waals surface area contributed by atoms with Gasteiger partial charge in [-0.1, -0.05) is 28.1 Å². The lowest BCUT2D eigenvalue weighted by Crippen LogP contribution is -1.98. The fourth-order valence-corrected chi connectivity index (χ4v) is 1.87. The summed E-state index contributed by atoms with van der Waals surface area (Å²) in [5.41, 5.74) is 1.26. The van der Waals surface area contributed by atoms with Crippen LogP contribution in [0.1, 0.15) is 12.0 Å². The minimum absolute atomic E-state index is 0.812. The lowest BCUT2D eigenvalue weighted by Gasteiger charge is -2.06. The number of rotatable bonds is 6. The van der Waals surface area contributed by atoms with Crippen LogP contribution in [-0.4, -0.2) is 18.6 Å². The molecular formula is C11H15BrOS. The first kappa shape index (κ1) is 11.9. The summed E-state index contributed by atoms with van der Waals surface area (Å²) in [6.45, 7) is 0.812. The normalized spacial score (nSPS) is 10.1. The Morgan fingerprint density at radius 1 is 1.43 bits per heavy atom. The molecule has 14 heavy (non-hydrogen) atoms. The van der Waals surface area contributed by atoms with Crippen LogP contribution in [0.5, 0.6) is 5.75 Å². The minimum atomic E-state index is 0.812. The molecule has 0 spiro atoms. The molecule has 3 heteroatoms. The van der Waals surface area contributed by atoms with Crippen molar-refractivity contribution in [3.05, 3.63) is 29.8 Å². The highest BCUT2D eigenvalue weighted by molar-refractivity contribution is 9.08. The number of ether oxygens (including phenoxy) is 1. The van der Waals surface area contributed by atoms with Crippen LogP contribution in [0, 0.1) is 0 Å². The van der Waals surface area contributed by atoms with E-state index in [1.807, 2.05) is 23.9 Å². The Labute approximate surface area is 98.4 Å². The van der Waals surface area contributed by atoms with Crippen molar-refractivity contribution in [3.8, 4) is 5.75 Å². The van der Waals surface area contributed by atoms with Gasteiger partial charge in [0.05, 0.1) is 6.61 Å². The molecule has 0 bridgehead atoms. The number of alkyl halides is 1. The lowest BCUT2D eigenvalue weighted by atomic mass is 10.2. The number of hydrogen-bond acceptors (Lipinski definition) is 2. The molecule has 1 aromatic rings. The van der Waals surface area contributed by atoms with Crippen LogP contribution in [-0.2, 0) is 5.33 Å². The maximum atomic E-state index is 5.62. The van der Waals surface area contributed by atoms with Crippen LogP contribution in [0.25, 0.3) is 0 Å². The van der Waals surface area contributed by atoms with Gasteiger partial charge in [0.2, 0.25) is 0 Å². The van der Waals surface area contributed by atoms with Gasteiger partial charge in [-0.2, -0.15) is 11.8 Å². The number of thioether (sulfide) groups is 1. The molecule has 0 unspecified atom stereocenters.